The zero-order chi connectivity index (χ0) is 14.4. The van der Waals surface area contributed by atoms with Gasteiger partial charge in [-0.15, -0.1) is 23.2 Å². The second-order valence-corrected chi connectivity index (χ2v) is 7.25. The summed E-state index contributed by atoms with van der Waals surface area (Å²) in [6, 6.07) is 6.19. The topological polar surface area (TPSA) is 29.1 Å². The Bertz CT molecular complexity index is 527. The summed E-state index contributed by atoms with van der Waals surface area (Å²) in [6.45, 7) is 7.87. The molecule has 0 aromatic heterocycles. The van der Waals surface area contributed by atoms with Crippen LogP contribution in [-0.2, 0) is 4.79 Å². The average molecular weight is 300 g/mol. The molecule has 0 aliphatic heterocycles. The molecule has 0 spiro atoms. The number of aryl methyl sites for hydroxylation is 2. The van der Waals surface area contributed by atoms with Crippen molar-refractivity contribution in [3.63, 3.8) is 0 Å². The number of nitrogens with one attached hydrogen (secondary N) is 1. The van der Waals surface area contributed by atoms with Crippen LogP contribution in [0.2, 0.25) is 0 Å². The van der Waals surface area contributed by atoms with Gasteiger partial charge in [0.05, 0.1) is 11.5 Å². The molecular weight excluding hydrogens is 281 g/mol. The molecule has 0 unspecified atom stereocenters. The number of hydrogen-bond donors (Lipinski definition) is 1. The summed E-state index contributed by atoms with van der Waals surface area (Å²) in [5, 5.41) is 3.01. The van der Waals surface area contributed by atoms with Crippen molar-refractivity contribution in [1.82, 2.24) is 5.32 Å². The van der Waals surface area contributed by atoms with Gasteiger partial charge in [0.2, 0.25) is 5.91 Å². The van der Waals surface area contributed by atoms with Crippen LogP contribution >= 0.6 is 23.2 Å². The molecule has 1 saturated carbocycles. The molecule has 104 valence electrons. The summed E-state index contributed by atoms with van der Waals surface area (Å²) in [7, 11) is 0. The highest BCUT2D eigenvalue weighted by molar-refractivity contribution is 6.53. The van der Waals surface area contributed by atoms with Gasteiger partial charge in [-0.2, -0.15) is 0 Å². The molecule has 1 aliphatic carbocycles. The molecule has 0 radical (unpaired) electrons. The quantitative estimate of drug-likeness (QED) is 0.838. The Hall–Kier alpha value is -0.730. The highest BCUT2D eigenvalue weighted by Crippen LogP contribution is 2.63. The van der Waals surface area contributed by atoms with Gasteiger partial charge in [0, 0.05) is 0 Å². The minimum atomic E-state index is -0.918. The van der Waals surface area contributed by atoms with Crippen LogP contribution in [0.15, 0.2) is 18.2 Å². The van der Waals surface area contributed by atoms with Crippen LogP contribution in [-0.4, -0.2) is 10.2 Å². The predicted octanol–water partition coefficient (Wildman–Crippen LogP) is 4.06. The number of carbonyl (C=O) groups is 1. The second-order valence-electron chi connectivity index (χ2n) is 5.77. The van der Waals surface area contributed by atoms with Crippen LogP contribution in [0, 0.1) is 19.3 Å². The van der Waals surface area contributed by atoms with E-state index in [0.29, 0.717) is 6.42 Å². The first kappa shape index (κ1) is 14.7. The van der Waals surface area contributed by atoms with Crippen molar-refractivity contribution < 1.29 is 4.79 Å². The summed E-state index contributed by atoms with van der Waals surface area (Å²) in [4.78, 5) is 12.2. The Morgan fingerprint density at radius 1 is 1.37 bits per heavy atom. The number of amides is 1. The van der Waals surface area contributed by atoms with Crippen molar-refractivity contribution in [1.29, 1.82) is 0 Å². The predicted molar refractivity (Wildman–Crippen MR) is 79.6 cm³/mol. The van der Waals surface area contributed by atoms with Crippen molar-refractivity contribution >= 4 is 29.1 Å². The zero-order valence-corrected chi connectivity index (χ0v) is 13.2. The largest absolute Gasteiger partial charge is 0.349 e. The zero-order valence-electron chi connectivity index (χ0n) is 11.7. The van der Waals surface area contributed by atoms with E-state index in [1.165, 1.54) is 11.1 Å². The Morgan fingerprint density at radius 3 is 2.47 bits per heavy atom. The van der Waals surface area contributed by atoms with Gasteiger partial charge >= 0.3 is 0 Å². The van der Waals surface area contributed by atoms with Gasteiger partial charge in [0.25, 0.3) is 0 Å². The van der Waals surface area contributed by atoms with Crippen LogP contribution in [0.1, 0.15) is 43.0 Å². The summed E-state index contributed by atoms with van der Waals surface area (Å²) < 4.78 is -0.918. The van der Waals surface area contributed by atoms with Crippen LogP contribution in [0.25, 0.3) is 0 Å². The van der Waals surface area contributed by atoms with Gasteiger partial charge in [-0.1, -0.05) is 23.8 Å². The highest BCUT2D eigenvalue weighted by Gasteiger charge is 2.67. The highest BCUT2D eigenvalue weighted by atomic mass is 35.5. The van der Waals surface area contributed by atoms with E-state index in [-0.39, 0.29) is 11.9 Å². The van der Waals surface area contributed by atoms with E-state index in [1.807, 2.05) is 20.8 Å². The van der Waals surface area contributed by atoms with Crippen molar-refractivity contribution in [2.24, 2.45) is 5.41 Å². The van der Waals surface area contributed by atoms with E-state index in [9.17, 15) is 4.79 Å². The maximum Gasteiger partial charge on any atom is 0.229 e. The van der Waals surface area contributed by atoms with Gasteiger partial charge in [-0.3, -0.25) is 4.79 Å². The minimum Gasteiger partial charge on any atom is -0.349 e. The summed E-state index contributed by atoms with van der Waals surface area (Å²) in [5.41, 5.74) is 2.82. The van der Waals surface area contributed by atoms with E-state index < -0.39 is 9.75 Å². The lowest BCUT2D eigenvalue weighted by Crippen LogP contribution is -2.35. The molecule has 1 N–H and O–H groups in total. The first-order valence-electron chi connectivity index (χ1n) is 6.43. The molecule has 1 aliphatic rings. The molecule has 0 saturated heterocycles. The standard InChI is InChI=1S/C15H19Cl2NO/c1-9-5-6-10(2)12(7-9)11(3)18-13(19)14(4)8-15(14,16)17/h5-7,11H,8H2,1-4H3,(H,18,19)/t11-,14+/m1/s1. The molecule has 0 bridgehead atoms. The fourth-order valence-corrected chi connectivity index (χ4v) is 3.01. The van der Waals surface area contributed by atoms with Crippen molar-refractivity contribution in [2.75, 3.05) is 0 Å². The number of halogens is 2. The molecule has 2 nitrogen and oxygen atoms in total. The number of rotatable bonds is 3. The van der Waals surface area contributed by atoms with E-state index in [4.69, 9.17) is 23.2 Å². The molecular formula is C15H19Cl2NO. The normalized spacial score (nSPS) is 25.8. The summed E-state index contributed by atoms with van der Waals surface area (Å²) >= 11 is 12.1. The number of hydrogen-bond acceptors (Lipinski definition) is 1. The van der Waals surface area contributed by atoms with Crippen LogP contribution in [0.5, 0.6) is 0 Å². The van der Waals surface area contributed by atoms with Gasteiger partial charge in [-0.05, 0) is 45.2 Å². The number of alkyl halides is 2. The minimum absolute atomic E-state index is 0.0473. The molecule has 1 fully saturated rings. The molecule has 4 heteroatoms. The molecule has 1 aromatic rings. The van der Waals surface area contributed by atoms with E-state index >= 15 is 0 Å². The van der Waals surface area contributed by atoms with Gasteiger partial charge in [0.15, 0.2) is 0 Å². The third kappa shape index (κ3) is 2.61. The van der Waals surface area contributed by atoms with Crippen LogP contribution in [0.3, 0.4) is 0 Å². The Balaban J connectivity index is 2.12. The lowest BCUT2D eigenvalue weighted by Gasteiger charge is -2.20. The second kappa shape index (κ2) is 4.68. The fraction of sp³-hybridized carbons (Fsp3) is 0.533. The van der Waals surface area contributed by atoms with Crippen LogP contribution < -0.4 is 5.32 Å². The first-order chi connectivity index (χ1) is 8.67. The average Bonchev–Trinajstić information content (AvgIpc) is 2.83. The first-order valence-corrected chi connectivity index (χ1v) is 7.19. The fourth-order valence-electron chi connectivity index (χ4n) is 2.31. The van der Waals surface area contributed by atoms with E-state index in [0.717, 1.165) is 5.56 Å². The lowest BCUT2D eigenvalue weighted by atomic mass is 9.99. The van der Waals surface area contributed by atoms with Crippen molar-refractivity contribution in [3.8, 4) is 0 Å². The Kier molecular flexibility index (Phi) is 3.61. The lowest BCUT2D eigenvalue weighted by molar-refractivity contribution is -0.126. The summed E-state index contributed by atoms with van der Waals surface area (Å²) in [5.74, 6) is -0.0779. The Morgan fingerprint density at radius 2 is 1.95 bits per heavy atom. The monoisotopic (exact) mass is 299 g/mol. The molecule has 19 heavy (non-hydrogen) atoms. The maximum atomic E-state index is 12.2. The number of benzene rings is 1. The van der Waals surface area contributed by atoms with Gasteiger partial charge in [-0.25, -0.2) is 0 Å². The Labute approximate surface area is 124 Å². The number of carbonyl (C=O) groups excluding carboxylic acids is 1. The van der Waals surface area contributed by atoms with Crippen molar-refractivity contribution in [3.05, 3.63) is 34.9 Å². The van der Waals surface area contributed by atoms with Crippen LogP contribution in [0.4, 0.5) is 0 Å². The third-order valence-electron chi connectivity index (χ3n) is 4.01. The summed E-state index contributed by atoms with van der Waals surface area (Å²) in [6.07, 6.45) is 0.508. The van der Waals surface area contributed by atoms with E-state index in [2.05, 4.69) is 23.5 Å². The molecule has 1 aromatic carbocycles. The molecule has 0 heterocycles. The van der Waals surface area contributed by atoms with Crippen molar-refractivity contribution in [2.45, 2.75) is 44.5 Å². The third-order valence-corrected chi connectivity index (χ3v) is 5.11. The van der Waals surface area contributed by atoms with E-state index in [1.54, 1.807) is 6.92 Å². The van der Waals surface area contributed by atoms with Gasteiger partial charge in [0.1, 0.15) is 4.33 Å². The smallest absolute Gasteiger partial charge is 0.229 e. The molecule has 1 amide bonds. The molecule has 2 atom stereocenters. The SMILES string of the molecule is Cc1ccc(C)c([C@@H](C)NC(=O)[C@]2(C)CC2(Cl)Cl)c1. The maximum absolute atomic E-state index is 12.2. The van der Waals surface area contributed by atoms with Gasteiger partial charge < -0.3 is 5.32 Å². The molecule has 2 rings (SSSR count).